The molecule has 0 saturated heterocycles. The number of non-ortho nitro benzene ring substituents is 1. The van der Waals surface area contributed by atoms with Crippen LogP contribution in [0.25, 0.3) is 0 Å². The first kappa shape index (κ1) is 22.1. The van der Waals surface area contributed by atoms with Crippen LogP contribution in [0.3, 0.4) is 0 Å². The molecule has 0 bridgehead atoms. The number of aryl methyl sites for hydroxylation is 1. The van der Waals surface area contributed by atoms with Gasteiger partial charge in [0.1, 0.15) is 6.04 Å². The number of hydrogen-bond acceptors (Lipinski definition) is 5. The van der Waals surface area contributed by atoms with Crippen LogP contribution < -0.4 is 9.62 Å². The van der Waals surface area contributed by atoms with Gasteiger partial charge in [0.05, 0.1) is 16.9 Å². The molecule has 1 aromatic carbocycles. The second-order valence-electron chi connectivity index (χ2n) is 7.51. The average molecular weight is 412 g/mol. The van der Waals surface area contributed by atoms with Crippen molar-refractivity contribution < 1.29 is 18.1 Å². The molecule has 0 radical (unpaired) electrons. The van der Waals surface area contributed by atoms with Gasteiger partial charge in [0, 0.05) is 18.2 Å². The fraction of sp³-hybridized carbons (Fsp3) is 0.632. The van der Waals surface area contributed by atoms with Gasteiger partial charge >= 0.3 is 0 Å². The molecule has 1 saturated carbocycles. The van der Waals surface area contributed by atoms with Gasteiger partial charge in [-0.25, -0.2) is 8.42 Å². The number of benzene rings is 1. The highest BCUT2D eigenvalue weighted by Crippen LogP contribution is 2.29. The number of amides is 1. The first-order valence-corrected chi connectivity index (χ1v) is 11.5. The third-order valence-corrected chi connectivity index (χ3v) is 6.41. The zero-order chi connectivity index (χ0) is 20.9. The minimum absolute atomic E-state index is 0.0304. The Hall–Kier alpha value is -2.16. The Morgan fingerprint density at radius 2 is 1.79 bits per heavy atom. The van der Waals surface area contributed by atoms with Crippen molar-refractivity contribution in [3.63, 3.8) is 0 Å². The van der Waals surface area contributed by atoms with Gasteiger partial charge in [0.2, 0.25) is 15.9 Å². The summed E-state index contributed by atoms with van der Waals surface area (Å²) in [6.07, 6.45) is 8.35. The van der Waals surface area contributed by atoms with Crippen LogP contribution in [0.2, 0.25) is 0 Å². The van der Waals surface area contributed by atoms with Gasteiger partial charge in [-0.3, -0.25) is 19.2 Å². The van der Waals surface area contributed by atoms with Crippen LogP contribution in [0.5, 0.6) is 0 Å². The summed E-state index contributed by atoms with van der Waals surface area (Å²) in [6, 6.07) is 3.03. The number of nitrogens with zero attached hydrogens (tertiary/aromatic N) is 2. The smallest absolute Gasteiger partial charge is 0.271 e. The lowest BCUT2D eigenvalue weighted by Gasteiger charge is -2.31. The van der Waals surface area contributed by atoms with Crippen LogP contribution in [0.4, 0.5) is 11.4 Å². The molecule has 1 fully saturated rings. The molecule has 1 amide bonds. The van der Waals surface area contributed by atoms with E-state index in [9.17, 15) is 23.3 Å². The maximum Gasteiger partial charge on any atom is 0.271 e. The fourth-order valence-corrected chi connectivity index (χ4v) is 4.88. The molecule has 0 heterocycles. The Labute approximate surface area is 166 Å². The van der Waals surface area contributed by atoms with Crippen molar-refractivity contribution in [2.24, 2.45) is 0 Å². The number of carbonyl (C=O) groups excluding carboxylic acids is 1. The van der Waals surface area contributed by atoms with E-state index in [1.165, 1.54) is 31.5 Å². The molecule has 8 nitrogen and oxygen atoms in total. The highest BCUT2D eigenvalue weighted by molar-refractivity contribution is 7.92. The van der Waals surface area contributed by atoms with Crippen molar-refractivity contribution in [2.75, 3.05) is 10.6 Å². The van der Waals surface area contributed by atoms with E-state index in [0.29, 0.717) is 5.56 Å². The van der Waals surface area contributed by atoms with E-state index in [2.05, 4.69) is 5.32 Å². The van der Waals surface area contributed by atoms with Gasteiger partial charge in [-0.15, -0.1) is 0 Å². The summed E-state index contributed by atoms with van der Waals surface area (Å²) >= 11 is 0. The molecular formula is C19H29N3O5S. The summed E-state index contributed by atoms with van der Waals surface area (Å²) < 4.78 is 25.9. The Kier molecular flexibility index (Phi) is 7.40. The molecule has 1 aromatic rings. The Morgan fingerprint density at radius 3 is 2.32 bits per heavy atom. The van der Waals surface area contributed by atoms with Crippen molar-refractivity contribution in [1.29, 1.82) is 0 Å². The zero-order valence-corrected chi connectivity index (χ0v) is 17.5. The van der Waals surface area contributed by atoms with Crippen LogP contribution in [0.1, 0.15) is 57.4 Å². The van der Waals surface area contributed by atoms with Crippen LogP contribution in [-0.4, -0.2) is 37.6 Å². The van der Waals surface area contributed by atoms with E-state index in [4.69, 9.17) is 0 Å². The maximum atomic E-state index is 12.8. The topological polar surface area (TPSA) is 110 Å². The third-order valence-electron chi connectivity index (χ3n) is 5.18. The van der Waals surface area contributed by atoms with Gasteiger partial charge < -0.3 is 5.32 Å². The van der Waals surface area contributed by atoms with Gasteiger partial charge in [-0.1, -0.05) is 38.2 Å². The van der Waals surface area contributed by atoms with E-state index in [1.54, 1.807) is 6.92 Å². The summed E-state index contributed by atoms with van der Waals surface area (Å²) in [6.45, 7) is 3.17. The Morgan fingerprint density at radius 1 is 1.21 bits per heavy atom. The third kappa shape index (κ3) is 5.67. The second kappa shape index (κ2) is 9.36. The molecule has 0 aliphatic heterocycles. The molecule has 1 aliphatic carbocycles. The van der Waals surface area contributed by atoms with Crippen LogP contribution >= 0.6 is 0 Å². The summed E-state index contributed by atoms with van der Waals surface area (Å²) in [5, 5.41) is 14.1. The zero-order valence-electron chi connectivity index (χ0n) is 16.7. The Bertz CT molecular complexity index is 817. The number of nitro groups is 1. The lowest BCUT2D eigenvalue weighted by atomic mass is 9.96. The van der Waals surface area contributed by atoms with Crippen LogP contribution in [0.15, 0.2) is 18.2 Å². The minimum atomic E-state index is -3.83. The van der Waals surface area contributed by atoms with Crippen LogP contribution in [-0.2, 0) is 14.8 Å². The molecule has 0 spiro atoms. The molecule has 9 heteroatoms. The van der Waals surface area contributed by atoms with Gasteiger partial charge in [0.25, 0.3) is 5.69 Å². The number of sulfonamides is 1. The quantitative estimate of drug-likeness (QED) is 0.570. The van der Waals surface area contributed by atoms with Gasteiger partial charge in [-0.2, -0.15) is 0 Å². The molecule has 1 aliphatic rings. The lowest BCUT2D eigenvalue weighted by Crippen LogP contribution is -2.50. The number of hydrogen-bond donors (Lipinski definition) is 1. The molecule has 156 valence electrons. The Balaban J connectivity index is 2.29. The van der Waals surface area contributed by atoms with Crippen molar-refractivity contribution in [1.82, 2.24) is 5.32 Å². The SMILES string of the molecule is Cc1ccc([N+](=O)[O-])cc1N([C@H](C)C(=O)NC1CCCCCCC1)S(C)(=O)=O. The summed E-state index contributed by atoms with van der Waals surface area (Å²) in [5.74, 6) is -0.387. The van der Waals surface area contributed by atoms with E-state index in [1.807, 2.05) is 0 Å². The monoisotopic (exact) mass is 411 g/mol. The predicted octanol–water partition coefficient (Wildman–Crippen LogP) is 3.29. The summed E-state index contributed by atoms with van der Waals surface area (Å²) in [4.78, 5) is 23.4. The van der Waals surface area contributed by atoms with Crippen molar-refractivity contribution >= 4 is 27.3 Å². The molecule has 0 unspecified atom stereocenters. The summed E-state index contributed by atoms with van der Waals surface area (Å²) in [5.41, 5.74) is 0.473. The molecule has 1 atom stereocenters. The lowest BCUT2D eigenvalue weighted by molar-refractivity contribution is -0.384. The predicted molar refractivity (Wildman–Crippen MR) is 109 cm³/mol. The first-order chi connectivity index (χ1) is 13.1. The van der Waals surface area contributed by atoms with Crippen molar-refractivity contribution in [2.45, 2.75) is 70.9 Å². The molecular weight excluding hydrogens is 382 g/mol. The number of anilines is 1. The average Bonchev–Trinajstić information content (AvgIpc) is 2.57. The largest absolute Gasteiger partial charge is 0.352 e. The van der Waals surface area contributed by atoms with Crippen LogP contribution in [0, 0.1) is 17.0 Å². The highest BCUT2D eigenvalue weighted by atomic mass is 32.2. The minimum Gasteiger partial charge on any atom is -0.352 e. The highest BCUT2D eigenvalue weighted by Gasteiger charge is 2.32. The number of nitrogens with one attached hydrogen (secondary N) is 1. The molecule has 1 N–H and O–H groups in total. The number of rotatable bonds is 6. The number of carbonyl (C=O) groups is 1. The molecule has 2 rings (SSSR count). The standard InChI is InChI=1S/C19H29N3O5S/c1-14-11-12-17(22(24)25)13-18(14)21(28(3,26)27)15(2)19(23)20-16-9-7-5-4-6-8-10-16/h11-13,15-16H,4-10H2,1-3H3,(H,20,23)/t15-/m1/s1. The normalized spacial score (nSPS) is 17.2. The van der Waals surface area contributed by atoms with E-state index in [0.717, 1.165) is 49.1 Å². The van der Waals surface area contributed by atoms with E-state index < -0.39 is 21.0 Å². The van der Waals surface area contributed by atoms with Gasteiger partial charge in [-0.05, 0) is 32.3 Å². The van der Waals surface area contributed by atoms with Crippen molar-refractivity contribution in [3.8, 4) is 0 Å². The van der Waals surface area contributed by atoms with Crippen molar-refractivity contribution in [3.05, 3.63) is 33.9 Å². The maximum absolute atomic E-state index is 12.8. The first-order valence-electron chi connectivity index (χ1n) is 9.66. The molecule has 0 aromatic heterocycles. The van der Waals surface area contributed by atoms with Gasteiger partial charge in [0.15, 0.2) is 0 Å². The molecule has 28 heavy (non-hydrogen) atoms. The number of nitro benzene ring substituents is 1. The van der Waals surface area contributed by atoms with E-state index in [-0.39, 0.29) is 23.3 Å². The summed E-state index contributed by atoms with van der Waals surface area (Å²) in [7, 11) is -3.83. The fourth-order valence-electron chi connectivity index (χ4n) is 3.65. The second-order valence-corrected chi connectivity index (χ2v) is 9.37. The van der Waals surface area contributed by atoms with E-state index >= 15 is 0 Å².